The molecule has 23 heavy (non-hydrogen) atoms. The Bertz CT molecular complexity index is 649. The number of carbonyl (C=O) groups is 1. The molecule has 0 saturated carbocycles. The molecule has 0 aromatic carbocycles. The summed E-state index contributed by atoms with van der Waals surface area (Å²) in [6, 6.07) is 2.20. The Morgan fingerprint density at radius 2 is 2.30 bits per heavy atom. The number of anilines is 1. The first-order valence-corrected chi connectivity index (χ1v) is 7.99. The highest BCUT2D eigenvalue weighted by Crippen LogP contribution is 2.18. The van der Waals surface area contributed by atoms with Crippen LogP contribution in [0.15, 0.2) is 18.7 Å². The monoisotopic (exact) mass is 317 g/mol. The molecule has 8 heteroatoms. The number of rotatable bonds is 5. The Balaban J connectivity index is 1.59. The van der Waals surface area contributed by atoms with Crippen molar-refractivity contribution in [3.63, 3.8) is 0 Å². The van der Waals surface area contributed by atoms with E-state index in [2.05, 4.69) is 25.4 Å². The van der Waals surface area contributed by atoms with Crippen molar-refractivity contribution >= 4 is 11.7 Å². The van der Waals surface area contributed by atoms with Crippen molar-refractivity contribution in [2.24, 2.45) is 7.05 Å². The molecule has 1 atom stereocenters. The Labute approximate surface area is 135 Å². The van der Waals surface area contributed by atoms with Crippen molar-refractivity contribution < 1.29 is 4.79 Å². The summed E-state index contributed by atoms with van der Waals surface area (Å²) in [5.74, 6) is 0.732. The fourth-order valence-electron chi connectivity index (χ4n) is 3.11. The molecule has 124 valence electrons. The molecular weight excluding hydrogens is 294 g/mol. The molecule has 0 bridgehead atoms. The number of hydrogen-bond acceptors (Lipinski definition) is 5. The van der Waals surface area contributed by atoms with Gasteiger partial charge in [-0.25, -0.2) is 4.98 Å². The first-order chi connectivity index (χ1) is 11.1. The Hall–Kier alpha value is -2.22. The zero-order valence-electron chi connectivity index (χ0n) is 13.6. The molecule has 0 radical (unpaired) electrons. The van der Waals surface area contributed by atoms with Gasteiger partial charge in [0, 0.05) is 19.2 Å². The second-order valence-corrected chi connectivity index (χ2v) is 6.08. The van der Waals surface area contributed by atoms with Crippen molar-refractivity contribution in [2.45, 2.75) is 38.8 Å². The van der Waals surface area contributed by atoms with E-state index in [4.69, 9.17) is 0 Å². The highest BCUT2D eigenvalue weighted by molar-refractivity contribution is 5.91. The molecule has 1 fully saturated rings. The normalized spacial score (nSPS) is 19.0. The molecule has 2 aromatic heterocycles. The van der Waals surface area contributed by atoms with E-state index in [1.54, 1.807) is 17.3 Å². The molecule has 0 aliphatic carbocycles. The number of piperidine rings is 1. The summed E-state index contributed by atoms with van der Waals surface area (Å²) >= 11 is 0. The van der Waals surface area contributed by atoms with Gasteiger partial charge in [0.2, 0.25) is 5.91 Å². The second-order valence-electron chi connectivity index (χ2n) is 6.08. The van der Waals surface area contributed by atoms with Crippen molar-refractivity contribution in [1.82, 2.24) is 29.4 Å². The number of nitrogens with zero attached hydrogens (tertiary/aromatic N) is 6. The number of likely N-dealkylation sites (tertiary alicyclic amines) is 1. The van der Waals surface area contributed by atoms with Crippen LogP contribution in [0.5, 0.6) is 0 Å². The van der Waals surface area contributed by atoms with Crippen LogP contribution in [0.1, 0.15) is 25.0 Å². The minimum Gasteiger partial charge on any atom is -0.310 e. The van der Waals surface area contributed by atoms with Crippen LogP contribution in [-0.4, -0.2) is 54.5 Å². The van der Waals surface area contributed by atoms with E-state index in [0.717, 1.165) is 37.4 Å². The molecule has 1 N–H and O–H groups in total. The average Bonchev–Trinajstić information content (AvgIpc) is 3.11. The van der Waals surface area contributed by atoms with E-state index in [9.17, 15) is 4.79 Å². The third kappa shape index (κ3) is 3.95. The first-order valence-electron chi connectivity index (χ1n) is 7.99. The number of hydrogen-bond donors (Lipinski definition) is 1. The summed E-state index contributed by atoms with van der Waals surface area (Å²) in [5, 5.41) is 11.4. The van der Waals surface area contributed by atoms with Crippen LogP contribution in [0.25, 0.3) is 0 Å². The minimum atomic E-state index is -0.00140. The SMILES string of the molecule is Cc1cc(NC(=O)CN2CCCCC2Cn2cncn2)n(C)n1. The van der Waals surface area contributed by atoms with E-state index >= 15 is 0 Å². The van der Waals surface area contributed by atoms with Gasteiger partial charge in [0.05, 0.1) is 18.8 Å². The van der Waals surface area contributed by atoms with Gasteiger partial charge in [-0.05, 0) is 26.3 Å². The minimum absolute atomic E-state index is 0.00140. The van der Waals surface area contributed by atoms with E-state index < -0.39 is 0 Å². The fraction of sp³-hybridized carbons (Fsp3) is 0.600. The molecule has 1 saturated heterocycles. The lowest BCUT2D eigenvalue weighted by Crippen LogP contribution is -2.46. The quantitative estimate of drug-likeness (QED) is 0.883. The maximum Gasteiger partial charge on any atom is 0.239 e. The molecule has 8 nitrogen and oxygen atoms in total. The third-order valence-electron chi connectivity index (χ3n) is 4.23. The summed E-state index contributed by atoms with van der Waals surface area (Å²) in [4.78, 5) is 18.6. The van der Waals surface area contributed by atoms with Crippen LogP contribution in [0.4, 0.5) is 5.82 Å². The van der Waals surface area contributed by atoms with Crippen LogP contribution in [0.3, 0.4) is 0 Å². The van der Waals surface area contributed by atoms with Gasteiger partial charge in [-0.1, -0.05) is 6.42 Å². The number of amides is 1. The van der Waals surface area contributed by atoms with Crippen LogP contribution in [0, 0.1) is 6.92 Å². The zero-order valence-corrected chi connectivity index (χ0v) is 13.6. The maximum atomic E-state index is 12.4. The van der Waals surface area contributed by atoms with Gasteiger partial charge in [-0.3, -0.25) is 19.1 Å². The van der Waals surface area contributed by atoms with Gasteiger partial charge < -0.3 is 5.32 Å². The van der Waals surface area contributed by atoms with Crippen molar-refractivity contribution in [3.8, 4) is 0 Å². The second kappa shape index (κ2) is 6.91. The molecule has 1 aliphatic heterocycles. The molecule has 2 aromatic rings. The lowest BCUT2D eigenvalue weighted by Gasteiger charge is -2.34. The number of nitrogens with one attached hydrogen (secondary N) is 1. The summed E-state index contributed by atoms with van der Waals surface area (Å²) in [7, 11) is 1.83. The predicted molar refractivity (Wildman–Crippen MR) is 85.8 cm³/mol. The van der Waals surface area contributed by atoms with Crippen molar-refractivity contribution in [3.05, 3.63) is 24.4 Å². The first kappa shape index (κ1) is 15.7. The van der Waals surface area contributed by atoms with Crippen LogP contribution in [-0.2, 0) is 18.4 Å². The van der Waals surface area contributed by atoms with Crippen LogP contribution >= 0.6 is 0 Å². The van der Waals surface area contributed by atoms with Gasteiger partial charge in [0.1, 0.15) is 18.5 Å². The zero-order chi connectivity index (χ0) is 16.2. The highest BCUT2D eigenvalue weighted by Gasteiger charge is 2.25. The average molecular weight is 317 g/mol. The van der Waals surface area contributed by atoms with E-state index in [0.29, 0.717) is 12.6 Å². The lowest BCUT2D eigenvalue weighted by molar-refractivity contribution is -0.118. The summed E-state index contributed by atoms with van der Waals surface area (Å²) < 4.78 is 3.53. The van der Waals surface area contributed by atoms with Crippen molar-refractivity contribution in [2.75, 3.05) is 18.4 Å². The van der Waals surface area contributed by atoms with Gasteiger partial charge in [-0.15, -0.1) is 0 Å². The Morgan fingerprint density at radius 1 is 1.43 bits per heavy atom. The molecule has 3 rings (SSSR count). The van der Waals surface area contributed by atoms with E-state index in [1.807, 2.05) is 24.7 Å². The number of aromatic nitrogens is 5. The molecule has 1 unspecified atom stereocenters. The van der Waals surface area contributed by atoms with Gasteiger partial charge >= 0.3 is 0 Å². The summed E-state index contributed by atoms with van der Waals surface area (Å²) in [5.41, 5.74) is 0.893. The third-order valence-corrected chi connectivity index (χ3v) is 4.23. The summed E-state index contributed by atoms with van der Waals surface area (Å²) in [6.07, 6.45) is 6.68. The fourth-order valence-corrected chi connectivity index (χ4v) is 3.11. The van der Waals surface area contributed by atoms with Crippen LogP contribution in [0.2, 0.25) is 0 Å². The highest BCUT2D eigenvalue weighted by atomic mass is 16.2. The Kier molecular flexibility index (Phi) is 4.71. The smallest absolute Gasteiger partial charge is 0.239 e. The number of aryl methyl sites for hydroxylation is 2. The largest absolute Gasteiger partial charge is 0.310 e. The molecule has 0 spiro atoms. The maximum absolute atomic E-state index is 12.4. The molecule has 1 amide bonds. The summed E-state index contributed by atoms with van der Waals surface area (Å²) in [6.45, 7) is 4.02. The predicted octanol–water partition coefficient (Wildman–Crippen LogP) is 0.813. The van der Waals surface area contributed by atoms with E-state index in [-0.39, 0.29) is 5.91 Å². The molecule has 3 heterocycles. The lowest BCUT2D eigenvalue weighted by atomic mass is 10.0. The van der Waals surface area contributed by atoms with Gasteiger partial charge in [0.25, 0.3) is 0 Å². The molecular formula is C15H23N7O. The molecule has 1 aliphatic rings. The topological polar surface area (TPSA) is 80.9 Å². The van der Waals surface area contributed by atoms with E-state index in [1.165, 1.54) is 6.42 Å². The Morgan fingerprint density at radius 3 is 3.00 bits per heavy atom. The van der Waals surface area contributed by atoms with Crippen molar-refractivity contribution in [1.29, 1.82) is 0 Å². The van der Waals surface area contributed by atoms with Crippen LogP contribution < -0.4 is 5.32 Å². The van der Waals surface area contributed by atoms with Gasteiger partial charge in [0.15, 0.2) is 0 Å². The van der Waals surface area contributed by atoms with Gasteiger partial charge in [-0.2, -0.15) is 10.2 Å². The standard InChI is InChI=1S/C15H23N7O/c1-12-7-14(20(2)19-12)18-15(23)9-21-6-4-3-5-13(21)8-22-11-16-10-17-22/h7,10-11,13H,3-6,8-9H2,1-2H3,(H,18,23). The number of carbonyl (C=O) groups excluding carboxylic acids is 1.